The number of aromatic nitrogens is 4. The highest BCUT2D eigenvalue weighted by Gasteiger charge is 2.15. The van der Waals surface area contributed by atoms with E-state index in [1.54, 1.807) is 0 Å². The number of hydrogen-bond acceptors (Lipinski definition) is 5. The van der Waals surface area contributed by atoms with Crippen LogP contribution in [0.2, 0.25) is 0 Å². The van der Waals surface area contributed by atoms with Crippen LogP contribution in [0.25, 0.3) is 5.69 Å². The van der Waals surface area contributed by atoms with E-state index in [1.165, 1.54) is 17.1 Å². The molecule has 1 heterocycles. The fourth-order valence-electron chi connectivity index (χ4n) is 1.06. The van der Waals surface area contributed by atoms with Crippen LogP contribution in [-0.2, 0) is 0 Å². The summed E-state index contributed by atoms with van der Waals surface area (Å²) in [5, 5.41) is 20.7. The average Bonchev–Trinajstić information content (AvgIpc) is 2.71. The Morgan fingerprint density at radius 3 is 2.87 bits per heavy atom. The summed E-state index contributed by atoms with van der Waals surface area (Å²) in [5.74, 6) is -0.892. The third kappa shape index (κ3) is 1.64. The van der Waals surface area contributed by atoms with Gasteiger partial charge in [-0.3, -0.25) is 10.1 Å². The first kappa shape index (κ1) is 9.19. The smallest absolute Gasteiger partial charge is 0.258 e. The third-order valence-electron chi connectivity index (χ3n) is 1.74. The van der Waals surface area contributed by atoms with E-state index >= 15 is 0 Å². The maximum Gasteiger partial charge on any atom is 0.306 e. The SMILES string of the molecule is O=[N+]([O-])c1cc(-n2cnnn2)ccc1F. The highest BCUT2D eigenvalue weighted by atomic mass is 19.1. The van der Waals surface area contributed by atoms with Gasteiger partial charge in [-0.15, -0.1) is 5.10 Å². The predicted molar refractivity (Wildman–Crippen MR) is 45.8 cm³/mol. The van der Waals surface area contributed by atoms with Crippen molar-refractivity contribution in [3.63, 3.8) is 0 Å². The number of benzene rings is 1. The Morgan fingerprint density at radius 1 is 1.47 bits per heavy atom. The first-order valence-electron chi connectivity index (χ1n) is 3.86. The molecular weight excluding hydrogens is 205 g/mol. The first-order valence-corrected chi connectivity index (χ1v) is 3.86. The minimum atomic E-state index is -0.892. The van der Waals surface area contributed by atoms with Crippen molar-refractivity contribution in [3.8, 4) is 5.69 Å². The Labute approximate surface area is 82.3 Å². The van der Waals surface area contributed by atoms with Gasteiger partial charge in [-0.1, -0.05) is 0 Å². The summed E-state index contributed by atoms with van der Waals surface area (Å²) in [4.78, 5) is 9.65. The predicted octanol–water partition coefficient (Wildman–Crippen LogP) is 0.710. The fourth-order valence-corrected chi connectivity index (χ4v) is 1.06. The van der Waals surface area contributed by atoms with Crippen molar-refractivity contribution in [3.05, 3.63) is 40.5 Å². The number of rotatable bonds is 2. The van der Waals surface area contributed by atoms with Crippen LogP contribution in [0.1, 0.15) is 0 Å². The quantitative estimate of drug-likeness (QED) is 0.536. The van der Waals surface area contributed by atoms with Crippen molar-refractivity contribution in [2.24, 2.45) is 0 Å². The molecule has 0 aliphatic carbocycles. The minimum absolute atomic E-state index is 0.327. The summed E-state index contributed by atoms with van der Waals surface area (Å²) in [6.07, 6.45) is 1.26. The number of tetrazole rings is 1. The molecule has 0 aliphatic heterocycles. The molecule has 0 aliphatic rings. The van der Waals surface area contributed by atoms with E-state index in [0.717, 1.165) is 12.1 Å². The maximum absolute atomic E-state index is 13.0. The van der Waals surface area contributed by atoms with E-state index in [-0.39, 0.29) is 0 Å². The Morgan fingerprint density at radius 2 is 2.27 bits per heavy atom. The normalized spacial score (nSPS) is 10.2. The molecule has 1 aromatic carbocycles. The van der Waals surface area contributed by atoms with Gasteiger partial charge in [-0.05, 0) is 22.6 Å². The third-order valence-corrected chi connectivity index (χ3v) is 1.74. The van der Waals surface area contributed by atoms with Gasteiger partial charge in [0.15, 0.2) is 0 Å². The van der Waals surface area contributed by atoms with E-state index in [2.05, 4.69) is 15.5 Å². The molecule has 2 aromatic rings. The molecule has 76 valence electrons. The number of hydrogen-bond donors (Lipinski definition) is 0. The molecule has 0 radical (unpaired) electrons. The molecule has 15 heavy (non-hydrogen) atoms. The van der Waals surface area contributed by atoms with Gasteiger partial charge in [-0.2, -0.15) is 4.39 Å². The van der Waals surface area contributed by atoms with Gasteiger partial charge in [0, 0.05) is 6.07 Å². The van der Waals surface area contributed by atoms with Gasteiger partial charge in [0.25, 0.3) is 0 Å². The summed E-state index contributed by atoms with van der Waals surface area (Å²) in [6, 6.07) is 3.40. The molecule has 0 spiro atoms. The van der Waals surface area contributed by atoms with Crippen LogP contribution >= 0.6 is 0 Å². The van der Waals surface area contributed by atoms with Gasteiger partial charge in [-0.25, -0.2) is 4.68 Å². The zero-order valence-corrected chi connectivity index (χ0v) is 7.24. The first-order chi connectivity index (χ1) is 7.18. The van der Waals surface area contributed by atoms with Crippen LogP contribution in [0.5, 0.6) is 0 Å². The lowest BCUT2D eigenvalue weighted by molar-refractivity contribution is -0.387. The van der Waals surface area contributed by atoms with Gasteiger partial charge in [0.2, 0.25) is 5.82 Å². The van der Waals surface area contributed by atoms with Crippen molar-refractivity contribution in [2.75, 3.05) is 0 Å². The number of nitro benzene ring substituents is 1. The van der Waals surface area contributed by atoms with E-state index in [4.69, 9.17) is 0 Å². The van der Waals surface area contributed by atoms with Crippen molar-refractivity contribution < 1.29 is 9.31 Å². The summed E-state index contributed by atoms with van der Waals surface area (Å²) >= 11 is 0. The Bertz CT molecular complexity index is 498. The van der Waals surface area contributed by atoms with Crippen LogP contribution in [0.15, 0.2) is 24.5 Å². The molecule has 1 aromatic heterocycles. The second-order valence-electron chi connectivity index (χ2n) is 2.65. The summed E-state index contributed by atoms with van der Waals surface area (Å²) in [6.45, 7) is 0. The molecule has 0 fully saturated rings. The van der Waals surface area contributed by atoms with Crippen molar-refractivity contribution in [2.45, 2.75) is 0 Å². The van der Waals surface area contributed by atoms with Gasteiger partial charge in [0.05, 0.1) is 10.6 Å². The summed E-state index contributed by atoms with van der Waals surface area (Å²) < 4.78 is 14.2. The fraction of sp³-hybridized carbons (Fsp3) is 0. The van der Waals surface area contributed by atoms with Crippen LogP contribution in [-0.4, -0.2) is 25.1 Å². The number of halogens is 1. The second kappa shape index (κ2) is 3.40. The van der Waals surface area contributed by atoms with Gasteiger partial charge < -0.3 is 0 Å². The standard InChI is InChI=1S/C7H4FN5O2/c8-6-2-1-5(3-7(6)13(14)15)12-4-9-10-11-12/h1-4H. The molecule has 2 rings (SSSR count). The molecule has 0 bridgehead atoms. The second-order valence-corrected chi connectivity index (χ2v) is 2.65. The monoisotopic (exact) mass is 209 g/mol. The van der Waals surface area contributed by atoms with Crippen molar-refractivity contribution >= 4 is 5.69 Å². The Hall–Kier alpha value is -2.38. The van der Waals surface area contributed by atoms with E-state index in [1.807, 2.05) is 0 Å². The number of nitro groups is 1. The molecule has 0 saturated carbocycles. The van der Waals surface area contributed by atoms with E-state index < -0.39 is 16.4 Å². The van der Waals surface area contributed by atoms with Gasteiger partial charge in [0.1, 0.15) is 6.33 Å². The molecular formula is C7H4FN5O2. The van der Waals surface area contributed by atoms with E-state index in [0.29, 0.717) is 5.69 Å². The molecule has 0 unspecified atom stereocenters. The average molecular weight is 209 g/mol. The summed E-state index contributed by atoms with van der Waals surface area (Å²) in [5.41, 5.74) is -0.281. The topological polar surface area (TPSA) is 86.7 Å². The zero-order chi connectivity index (χ0) is 10.8. The van der Waals surface area contributed by atoms with Crippen LogP contribution in [0.3, 0.4) is 0 Å². The lowest BCUT2D eigenvalue weighted by Crippen LogP contribution is -1.98. The molecule has 0 N–H and O–H groups in total. The van der Waals surface area contributed by atoms with Crippen molar-refractivity contribution in [1.82, 2.24) is 20.2 Å². The summed E-state index contributed by atoms with van der Waals surface area (Å²) in [7, 11) is 0. The Balaban J connectivity index is 2.52. The van der Waals surface area contributed by atoms with Crippen LogP contribution in [0.4, 0.5) is 10.1 Å². The highest BCUT2D eigenvalue weighted by Crippen LogP contribution is 2.19. The molecule has 7 nitrogen and oxygen atoms in total. The Kier molecular flexibility index (Phi) is 2.08. The zero-order valence-electron chi connectivity index (χ0n) is 7.24. The van der Waals surface area contributed by atoms with Crippen LogP contribution < -0.4 is 0 Å². The van der Waals surface area contributed by atoms with Crippen LogP contribution in [0, 0.1) is 15.9 Å². The molecule has 0 saturated heterocycles. The molecule has 0 amide bonds. The lowest BCUT2D eigenvalue weighted by atomic mass is 10.2. The maximum atomic E-state index is 13.0. The van der Waals surface area contributed by atoms with Crippen molar-refractivity contribution in [1.29, 1.82) is 0 Å². The molecule has 0 atom stereocenters. The largest absolute Gasteiger partial charge is 0.306 e. The number of nitrogens with zero attached hydrogens (tertiary/aromatic N) is 5. The van der Waals surface area contributed by atoms with E-state index in [9.17, 15) is 14.5 Å². The van der Waals surface area contributed by atoms with Gasteiger partial charge >= 0.3 is 5.69 Å². The highest BCUT2D eigenvalue weighted by molar-refractivity contribution is 5.43. The lowest BCUT2D eigenvalue weighted by Gasteiger charge is -1.99. The molecule has 8 heteroatoms. The minimum Gasteiger partial charge on any atom is -0.258 e.